The number of nitrogens with one attached hydrogen (secondary N) is 2. The fourth-order valence-corrected chi connectivity index (χ4v) is 1.24. The van der Waals surface area contributed by atoms with E-state index in [1.165, 1.54) is 6.07 Å². The van der Waals surface area contributed by atoms with E-state index in [4.69, 9.17) is 0 Å². The number of carbonyl (C=O) groups excluding carboxylic acids is 1. The van der Waals surface area contributed by atoms with Gasteiger partial charge in [0.25, 0.3) is 5.91 Å². The van der Waals surface area contributed by atoms with Crippen LogP contribution in [0, 0.1) is 15.9 Å². The first kappa shape index (κ1) is 11.6. The van der Waals surface area contributed by atoms with Gasteiger partial charge in [-0.2, -0.15) is 9.49 Å². The van der Waals surface area contributed by atoms with Crippen LogP contribution < -0.4 is 5.32 Å². The van der Waals surface area contributed by atoms with E-state index in [2.05, 4.69) is 20.5 Å². The Labute approximate surface area is 99.0 Å². The molecule has 2 rings (SSSR count). The Morgan fingerprint density at radius 2 is 2.28 bits per heavy atom. The molecule has 1 amide bonds. The molecule has 0 radical (unpaired) electrons. The number of carbonyl (C=O) groups is 1. The lowest BCUT2D eigenvalue weighted by Crippen LogP contribution is -2.14. The summed E-state index contributed by atoms with van der Waals surface area (Å²) in [6, 6.07) is 3.02. The number of anilines is 1. The summed E-state index contributed by atoms with van der Waals surface area (Å²) in [4.78, 5) is 24.8. The third-order valence-electron chi connectivity index (χ3n) is 2.03. The average molecular weight is 251 g/mol. The zero-order chi connectivity index (χ0) is 13.1. The van der Waals surface area contributed by atoms with Crippen molar-refractivity contribution in [2.24, 2.45) is 0 Å². The third kappa shape index (κ3) is 2.29. The van der Waals surface area contributed by atoms with E-state index >= 15 is 0 Å². The van der Waals surface area contributed by atoms with Crippen molar-refractivity contribution in [1.29, 1.82) is 0 Å². The van der Waals surface area contributed by atoms with Crippen molar-refractivity contribution in [1.82, 2.24) is 15.2 Å². The van der Waals surface area contributed by atoms with E-state index in [9.17, 15) is 19.3 Å². The molecule has 0 aliphatic carbocycles. The summed E-state index contributed by atoms with van der Waals surface area (Å²) in [5.41, 5.74) is -0.630. The summed E-state index contributed by atoms with van der Waals surface area (Å²) >= 11 is 0. The number of aromatic amines is 1. The van der Waals surface area contributed by atoms with E-state index in [1.54, 1.807) is 0 Å². The molecule has 2 N–H and O–H groups in total. The van der Waals surface area contributed by atoms with Gasteiger partial charge in [0.1, 0.15) is 6.33 Å². The van der Waals surface area contributed by atoms with E-state index in [1.807, 2.05) is 0 Å². The lowest BCUT2D eigenvalue weighted by atomic mass is 10.2. The molecule has 1 aromatic heterocycles. The minimum atomic E-state index is -0.974. The average Bonchev–Trinajstić information content (AvgIpc) is 2.85. The zero-order valence-corrected chi connectivity index (χ0v) is 8.75. The number of amides is 1. The lowest BCUT2D eigenvalue weighted by molar-refractivity contribution is -0.387. The number of halogens is 1. The molecule has 9 heteroatoms. The van der Waals surface area contributed by atoms with Gasteiger partial charge in [-0.05, 0) is 12.1 Å². The molecule has 0 aliphatic heterocycles. The van der Waals surface area contributed by atoms with Crippen molar-refractivity contribution >= 4 is 17.3 Å². The first-order chi connectivity index (χ1) is 8.58. The largest absolute Gasteiger partial charge is 0.319 e. The normalized spacial score (nSPS) is 10.1. The second-order valence-corrected chi connectivity index (χ2v) is 3.21. The maximum Gasteiger partial charge on any atom is 0.306 e. The maximum absolute atomic E-state index is 13.0. The quantitative estimate of drug-likeness (QED) is 0.626. The van der Waals surface area contributed by atoms with Crippen molar-refractivity contribution in [2.75, 3.05) is 5.32 Å². The van der Waals surface area contributed by atoms with Crippen LogP contribution in [-0.4, -0.2) is 26.0 Å². The summed E-state index contributed by atoms with van der Waals surface area (Å²) in [6.45, 7) is 0. The van der Waals surface area contributed by atoms with Crippen molar-refractivity contribution in [3.63, 3.8) is 0 Å². The van der Waals surface area contributed by atoms with Gasteiger partial charge in [0, 0.05) is 11.8 Å². The SMILES string of the molecule is O=C(Nc1ccc(F)c([N+](=O)[O-])c1)c1ncn[nH]1. The minimum absolute atomic E-state index is 0.0537. The first-order valence-electron chi connectivity index (χ1n) is 4.68. The fraction of sp³-hybridized carbons (Fsp3) is 0. The molecule has 2 aromatic rings. The molecule has 8 nitrogen and oxygen atoms in total. The molecule has 0 fully saturated rings. The number of nitrogens with zero attached hydrogens (tertiary/aromatic N) is 3. The van der Waals surface area contributed by atoms with E-state index < -0.39 is 22.3 Å². The number of benzene rings is 1. The van der Waals surface area contributed by atoms with Crippen LogP contribution in [0.2, 0.25) is 0 Å². The summed E-state index contributed by atoms with van der Waals surface area (Å²) in [5.74, 6) is -1.66. The number of rotatable bonds is 3. The predicted octanol–water partition coefficient (Wildman–Crippen LogP) is 1.10. The van der Waals surface area contributed by atoms with E-state index in [-0.39, 0.29) is 11.5 Å². The van der Waals surface area contributed by atoms with Crippen LogP contribution >= 0.6 is 0 Å². The number of aromatic nitrogens is 3. The second-order valence-electron chi connectivity index (χ2n) is 3.21. The van der Waals surface area contributed by atoms with Gasteiger partial charge in [0.15, 0.2) is 0 Å². The molecule has 0 aliphatic rings. The molecule has 1 heterocycles. The van der Waals surface area contributed by atoms with Gasteiger partial charge >= 0.3 is 5.69 Å². The van der Waals surface area contributed by atoms with Gasteiger partial charge < -0.3 is 5.32 Å². The summed E-state index contributed by atoms with van der Waals surface area (Å²) in [7, 11) is 0. The lowest BCUT2D eigenvalue weighted by Gasteiger charge is -2.02. The predicted molar refractivity (Wildman–Crippen MR) is 57.4 cm³/mol. The Hall–Kier alpha value is -2.84. The van der Waals surface area contributed by atoms with Gasteiger partial charge in [0.2, 0.25) is 11.6 Å². The van der Waals surface area contributed by atoms with Gasteiger partial charge in [0.05, 0.1) is 4.92 Å². The van der Waals surface area contributed by atoms with E-state index in [0.717, 1.165) is 18.5 Å². The molecular weight excluding hydrogens is 245 g/mol. The maximum atomic E-state index is 13.0. The highest BCUT2D eigenvalue weighted by atomic mass is 19.1. The van der Waals surface area contributed by atoms with Gasteiger partial charge in [-0.25, -0.2) is 4.98 Å². The number of hydrogen-bond donors (Lipinski definition) is 2. The highest BCUT2D eigenvalue weighted by molar-refractivity contribution is 6.01. The number of nitro groups is 1. The Morgan fingerprint density at radius 1 is 1.50 bits per heavy atom. The van der Waals surface area contributed by atoms with Crippen molar-refractivity contribution in [3.8, 4) is 0 Å². The zero-order valence-electron chi connectivity index (χ0n) is 8.75. The Balaban J connectivity index is 2.22. The Bertz CT molecular complexity index is 598. The van der Waals surface area contributed by atoms with Crippen LogP contribution in [0.25, 0.3) is 0 Å². The van der Waals surface area contributed by atoms with Gasteiger partial charge in [-0.3, -0.25) is 20.0 Å². The third-order valence-corrected chi connectivity index (χ3v) is 2.03. The number of hydrogen-bond acceptors (Lipinski definition) is 5. The minimum Gasteiger partial charge on any atom is -0.319 e. The molecule has 1 aromatic carbocycles. The van der Waals surface area contributed by atoms with Crippen molar-refractivity contribution in [2.45, 2.75) is 0 Å². The Morgan fingerprint density at radius 3 is 2.89 bits per heavy atom. The highest BCUT2D eigenvalue weighted by Crippen LogP contribution is 2.21. The highest BCUT2D eigenvalue weighted by Gasteiger charge is 2.16. The topological polar surface area (TPSA) is 114 Å². The van der Waals surface area contributed by atoms with E-state index in [0.29, 0.717) is 0 Å². The van der Waals surface area contributed by atoms with Crippen LogP contribution in [0.5, 0.6) is 0 Å². The molecule has 0 saturated carbocycles. The number of nitro benzene ring substituents is 1. The molecule has 0 bridgehead atoms. The fourth-order valence-electron chi connectivity index (χ4n) is 1.24. The molecular formula is C9H6FN5O3. The number of H-pyrrole nitrogens is 1. The molecule has 92 valence electrons. The van der Waals surface area contributed by atoms with Crippen molar-refractivity contribution in [3.05, 3.63) is 46.3 Å². The van der Waals surface area contributed by atoms with Crippen LogP contribution in [0.3, 0.4) is 0 Å². The molecule has 0 unspecified atom stereocenters. The molecule has 0 saturated heterocycles. The summed E-state index contributed by atoms with van der Waals surface area (Å²) < 4.78 is 13.0. The standard InChI is InChI=1S/C9H6FN5O3/c10-6-2-1-5(3-7(6)15(17)18)13-9(16)8-11-4-12-14-8/h1-4H,(H,13,16)(H,11,12,14). The van der Waals surface area contributed by atoms with Gasteiger partial charge in [-0.1, -0.05) is 0 Å². The van der Waals surface area contributed by atoms with Crippen molar-refractivity contribution < 1.29 is 14.1 Å². The molecule has 18 heavy (non-hydrogen) atoms. The Kier molecular flexibility index (Phi) is 2.96. The first-order valence-corrected chi connectivity index (χ1v) is 4.68. The van der Waals surface area contributed by atoms with Crippen LogP contribution in [0.4, 0.5) is 15.8 Å². The van der Waals surface area contributed by atoms with Crippen LogP contribution in [0.15, 0.2) is 24.5 Å². The summed E-state index contributed by atoms with van der Waals surface area (Å²) in [5, 5.41) is 18.6. The van der Waals surface area contributed by atoms with Crippen LogP contribution in [-0.2, 0) is 0 Å². The van der Waals surface area contributed by atoms with Gasteiger partial charge in [-0.15, -0.1) is 0 Å². The summed E-state index contributed by atoms with van der Waals surface area (Å²) in [6.07, 6.45) is 1.14. The molecule has 0 atom stereocenters. The van der Waals surface area contributed by atoms with Crippen LogP contribution in [0.1, 0.15) is 10.6 Å². The monoisotopic (exact) mass is 251 g/mol. The molecule has 0 spiro atoms. The second kappa shape index (κ2) is 4.57. The smallest absolute Gasteiger partial charge is 0.306 e.